The lowest BCUT2D eigenvalue weighted by molar-refractivity contribution is -0.271. The summed E-state index contributed by atoms with van der Waals surface area (Å²) in [5.74, 6) is -2.23. The van der Waals surface area contributed by atoms with Crippen molar-refractivity contribution in [1.82, 2.24) is 10.2 Å². The number of aliphatic carboxylic acids is 1. The van der Waals surface area contributed by atoms with Gasteiger partial charge in [0.1, 0.15) is 24.0 Å². The summed E-state index contributed by atoms with van der Waals surface area (Å²) < 4.78 is 50.8. The minimum atomic E-state index is -4.79. The van der Waals surface area contributed by atoms with E-state index in [1.807, 2.05) is 12.0 Å². The van der Waals surface area contributed by atoms with E-state index in [9.17, 15) is 33.3 Å². The molecule has 1 aromatic heterocycles. The molecular weight excluding hydrogens is 437 g/mol. The summed E-state index contributed by atoms with van der Waals surface area (Å²) in [7, 11) is 0. The average Bonchev–Trinajstić information content (AvgIpc) is 3.12. The van der Waals surface area contributed by atoms with Gasteiger partial charge in [-0.1, -0.05) is 37.6 Å². The van der Waals surface area contributed by atoms with Gasteiger partial charge in [-0.25, -0.2) is 4.79 Å². The lowest BCUT2D eigenvalue weighted by Gasteiger charge is -2.38. The third kappa shape index (κ3) is 5.04. The number of nitrogens with zero attached hydrogens (tertiary/aromatic N) is 1. The van der Waals surface area contributed by atoms with Crippen molar-refractivity contribution in [3.05, 3.63) is 46.6 Å². The van der Waals surface area contributed by atoms with E-state index < -0.39 is 54.4 Å². The smallest absolute Gasteiger partial charge is 0.433 e. The van der Waals surface area contributed by atoms with E-state index in [1.54, 1.807) is 24.3 Å². The molecule has 5 N–H and O–H groups in total. The van der Waals surface area contributed by atoms with E-state index >= 15 is 0 Å². The van der Waals surface area contributed by atoms with Crippen molar-refractivity contribution in [3.8, 4) is 5.88 Å². The Morgan fingerprint density at radius 3 is 2.31 bits per heavy atom. The van der Waals surface area contributed by atoms with Gasteiger partial charge in [0.15, 0.2) is 6.10 Å². The van der Waals surface area contributed by atoms with Gasteiger partial charge in [0.2, 0.25) is 12.2 Å². The van der Waals surface area contributed by atoms with E-state index in [4.69, 9.17) is 14.6 Å². The van der Waals surface area contributed by atoms with Gasteiger partial charge in [0, 0.05) is 6.42 Å². The number of aliphatic hydroxyl groups excluding tert-OH is 3. The summed E-state index contributed by atoms with van der Waals surface area (Å²) in [5, 5.41) is 44.2. The van der Waals surface area contributed by atoms with Crippen LogP contribution in [0, 0.1) is 0 Å². The zero-order valence-electron chi connectivity index (χ0n) is 16.9. The molecule has 32 heavy (non-hydrogen) atoms. The highest BCUT2D eigenvalue weighted by Gasteiger charge is 2.49. The number of carboxylic acid groups (broad SMARTS) is 1. The van der Waals surface area contributed by atoms with Crippen molar-refractivity contribution in [3.63, 3.8) is 0 Å². The lowest BCUT2D eigenvalue weighted by atomic mass is 9.99. The van der Waals surface area contributed by atoms with Gasteiger partial charge in [0.05, 0.1) is 5.56 Å². The second-order valence-electron chi connectivity index (χ2n) is 7.48. The molecule has 1 fully saturated rings. The number of rotatable bonds is 7. The molecule has 0 spiro atoms. The number of carbonyl (C=O) groups is 1. The SMILES string of the molecule is CCCc1ccc(Cc2c(O[C@@H]3O[C@H](C(=O)O)[C@@H](O)[C@H](O)[C@H]3O)n[nH]c2C(F)(F)F)cc1. The van der Waals surface area contributed by atoms with Crippen molar-refractivity contribution in [2.75, 3.05) is 0 Å². The molecule has 1 aromatic carbocycles. The van der Waals surface area contributed by atoms with Crippen molar-refractivity contribution in [2.45, 2.75) is 63.1 Å². The summed E-state index contributed by atoms with van der Waals surface area (Å²) in [6, 6.07) is 6.95. The molecule has 0 aliphatic carbocycles. The fourth-order valence-electron chi connectivity index (χ4n) is 3.42. The highest BCUT2D eigenvalue weighted by molar-refractivity contribution is 5.73. The van der Waals surface area contributed by atoms with Gasteiger partial charge in [-0.15, -0.1) is 5.10 Å². The number of H-pyrrole nitrogens is 1. The minimum Gasteiger partial charge on any atom is -0.479 e. The normalized spacial score (nSPS) is 26.2. The summed E-state index contributed by atoms with van der Waals surface area (Å²) in [5.41, 5.74) is 0.00219. The maximum absolute atomic E-state index is 13.5. The number of aliphatic hydroxyl groups is 3. The van der Waals surface area contributed by atoms with Crippen molar-refractivity contribution < 1.29 is 47.9 Å². The van der Waals surface area contributed by atoms with Crippen LogP contribution >= 0.6 is 0 Å². The van der Waals surface area contributed by atoms with Crippen LogP contribution in [0.2, 0.25) is 0 Å². The molecule has 9 nitrogen and oxygen atoms in total. The Bertz CT molecular complexity index is 932. The van der Waals surface area contributed by atoms with Crippen LogP contribution in [0.5, 0.6) is 5.88 Å². The summed E-state index contributed by atoms with van der Waals surface area (Å²) in [6.07, 6.45) is -13.0. The Morgan fingerprint density at radius 2 is 1.75 bits per heavy atom. The van der Waals surface area contributed by atoms with Crippen LogP contribution in [0.15, 0.2) is 24.3 Å². The highest BCUT2D eigenvalue weighted by Crippen LogP contribution is 2.36. The maximum Gasteiger partial charge on any atom is 0.433 e. The maximum atomic E-state index is 13.5. The van der Waals surface area contributed by atoms with E-state index in [-0.39, 0.29) is 12.0 Å². The number of aromatic nitrogens is 2. The van der Waals surface area contributed by atoms with Gasteiger partial charge in [-0.3, -0.25) is 5.10 Å². The molecule has 1 aliphatic heterocycles. The van der Waals surface area contributed by atoms with Crippen LogP contribution in [-0.2, 0) is 28.5 Å². The molecule has 3 rings (SSSR count). The molecule has 0 radical (unpaired) electrons. The number of benzene rings is 1. The predicted octanol–water partition coefficient (Wildman–Crippen LogP) is 1.24. The van der Waals surface area contributed by atoms with Gasteiger partial charge in [-0.2, -0.15) is 13.2 Å². The first kappa shape index (κ1) is 24.0. The van der Waals surface area contributed by atoms with Gasteiger partial charge in [-0.05, 0) is 17.5 Å². The molecule has 0 amide bonds. The third-order valence-electron chi connectivity index (χ3n) is 5.10. The van der Waals surface area contributed by atoms with Crippen LogP contribution < -0.4 is 4.74 Å². The molecule has 2 heterocycles. The molecule has 5 atom stereocenters. The van der Waals surface area contributed by atoms with E-state index in [0.29, 0.717) is 5.56 Å². The Hall–Kier alpha value is -2.67. The Kier molecular flexibility index (Phi) is 7.08. The molecule has 0 bridgehead atoms. The Labute approximate surface area is 180 Å². The molecular formula is C20H23F3N2O7. The Balaban J connectivity index is 1.89. The molecule has 12 heteroatoms. The number of alkyl halides is 3. The summed E-state index contributed by atoms with van der Waals surface area (Å²) >= 11 is 0. The number of hydrogen-bond donors (Lipinski definition) is 5. The number of aryl methyl sites for hydroxylation is 1. The number of ether oxygens (including phenoxy) is 2. The zero-order valence-corrected chi connectivity index (χ0v) is 16.9. The van der Waals surface area contributed by atoms with E-state index in [0.717, 1.165) is 18.4 Å². The van der Waals surface area contributed by atoms with Crippen molar-refractivity contribution >= 4 is 5.97 Å². The van der Waals surface area contributed by atoms with Crippen molar-refractivity contribution in [2.24, 2.45) is 0 Å². The second kappa shape index (κ2) is 9.45. The van der Waals surface area contributed by atoms with Gasteiger partial charge in [0.25, 0.3) is 0 Å². The van der Waals surface area contributed by atoms with Crippen LogP contribution in [0.25, 0.3) is 0 Å². The Morgan fingerprint density at radius 1 is 1.12 bits per heavy atom. The van der Waals surface area contributed by atoms with Crippen LogP contribution in [0.4, 0.5) is 13.2 Å². The minimum absolute atomic E-state index is 0.233. The molecule has 0 saturated carbocycles. The summed E-state index contributed by atoms with van der Waals surface area (Å²) in [6.45, 7) is 2.01. The molecule has 2 aromatic rings. The predicted molar refractivity (Wildman–Crippen MR) is 102 cm³/mol. The third-order valence-corrected chi connectivity index (χ3v) is 5.10. The zero-order chi connectivity index (χ0) is 23.6. The fraction of sp³-hybridized carbons (Fsp3) is 0.500. The number of carboxylic acids is 1. The van der Waals surface area contributed by atoms with Crippen LogP contribution in [0.1, 0.15) is 35.7 Å². The first-order chi connectivity index (χ1) is 15.0. The topological polar surface area (TPSA) is 145 Å². The molecule has 176 valence electrons. The van der Waals surface area contributed by atoms with Gasteiger partial charge < -0.3 is 29.9 Å². The van der Waals surface area contributed by atoms with Crippen LogP contribution in [-0.4, -0.2) is 67.3 Å². The number of halogens is 3. The van der Waals surface area contributed by atoms with E-state index in [2.05, 4.69) is 5.10 Å². The molecule has 0 unspecified atom stereocenters. The quantitative estimate of drug-likeness (QED) is 0.415. The van der Waals surface area contributed by atoms with Crippen LogP contribution in [0.3, 0.4) is 0 Å². The summed E-state index contributed by atoms with van der Waals surface area (Å²) in [4.78, 5) is 11.2. The molecule has 1 saturated heterocycles. The largest absolute Gasteiger partial charge is 0.479 e. The van der Waals surface area contributed by atoms with Crippen molar-refractivity contribution in [1.29, 1.82) is 0 Å². The molecule has 1 aliphatic rings. The average molecular weight is 460 g/mol. The first-order valence-electron chi connectivity index (χ1n) is 9.84. The van der Waals surface area contributed by atoms with Gasteiger partial charge >= 0.3 is 12.1 Å². The number of aromatic amines is 1. The highest BCUT2D eigenvalue weighted by atomic mass is 19.4. The fourth-order valence-corrected chi connectivity index (χ4v) is 3.42. The number of hydrogen-bond acceptors (Lipinski definition) is 7. The monoisotopic (exact) mass is 460 g/mol. The standard InChI is InChI=1S/C20H23F3N2O7/c1-2-3-9-4-6-10(7-5-9)8-11-16(20(21,22)23)24-25-17(11)32-19-14(28)12(26)13(27)15(31-19)18(29)30/h4-7,12-15,19,26-28H,2-3,8H2,1H3,(H,24,25)(H,29,30)/t12-,13-,14+,15-,19-/m0/s1. The number of nitrogens with one attached hydrogen (secondary N) is 1. The van der Waals surface area contributed by atoms with E-state index in [1.165, 1.54) is 0 Å². The second-order valence-corrected chi connectivity index (χ2v) is 7.48. The lowest BCUT2D eigenvalue weighted by Crippen LogP contribution is -2.61. The first-order valence-corrected chi connectivity index (χ1v) is 9.84.